The highest BCUT2D eigenvalue weighted by Crippen LogP contribution is 2.23. The van der Waals surface area contributed by atoms with Gasteiger partial charge in [-0.25, -0.2) is 4.98 Å². The molecular formula is C17H17N3OS. The summed E-state index contributed by atoms with van der Waals surface area (Å²) in [6.07, 6.45) is 2.44. The molecule has 0 bridgehead atoms. The number of hydrogen-bond acceptors (Lipinski definition) is 3. The topological polar surface area (TPSA) is 39.1 Å². The molecule has 0 aliphatic rings. The molecule has 0 spiro atoms. The Hall–Kier alpha value is -2.40. The van der Waals surface area contributed by atoms with Crippen LogP contribution in [-0.2, 0) is 13.5 Å². The summed E-state index contributed by atoms with van der Waals surface area (Å²) in [4.78, 5) is 5.11. The van der Waals surface area contributed by atoms with Gasteiger partial charge in [0, 0.05) is 19.0 Å². The molecule has 22 heavy (non-hydrogen) atoms. The van der Waals surface area contributed by atoms with Crippen LogP contribution >= 0.6 is 12.2 Å². The summed E-state index contributed by atoms with van der Waals surface area (Å²) in [6, 6.07) is 13.9. The third-order valence-corrected chi connectivity index (χ3v) is 3.80. The molecule has 0 fully saturated rings. The zero-order valence-electron chi connectivity index (χ0n) is 12.5. The number of rotatable bonds is 4. The Bertz CT molecular complexity index is 826. The maximum Gasteiger partial charge on any atom is 0.122 e. The fourth-order valence-electron chi connectivity index (χ4n) is 2.53. The van der Waals surface area contributed by atoms with Crippen LogP contribution in [0.2, 0.25) is 0 Å². The van der Waals surface area contributed by atoms with E-state index in [1.165, 1.54) is 0 Å². The summed E-state index contributed by atoms with van der Waals surface area (Å²) in [6.45, 7) is 0. The van der Waals surface area contributed by atoms with Gasteiger partial charge in [-0.1, -0.05) is 36.5 Å². The van der Waals surface area contributed by atoms with Crippen LogP contribution in [0.3, 0.4) is 0 Å². The molecule has 0 aliphatic heterocycles. The molecule has 2 aromatic carbocycles. The molecule has 3 rings (SSSR count). The normalized spacial score (nSPS) is 10.6. The second-order valence-electron chi connectivity index (χ2n) is 5.07. The van der Waals surface area contributed by atoms with E-state index in [1.54, 1.807) is 13.4 Å². The van der Waals surface area contributed by atoms with Crippen LogP contribution in [-0.4, -0.2) is 21.6 Å². The van der Waals surface area contributed by atoms with Crippen LogP contribution < -0.4 is 10.1 Å². The number of hydrogen-bond donors (Lipinski definition) is 1. The number of ether oxygens (including phenoxy) is 1. The van der Waals surface area contributed by atoms with Crippen molar-refractivity contribution in [1.82, 2.24) is 9.55 Å². The maximum absolute atomic E-state index is 5.51. The average Bonchev–Trinajstić information content (AvgIpc) is 2.90. The molecule has 0 radical (unpaired) electrons. The smallest absolute Gasteiger partial charge is 0.122 e. The Morgan fingerprint density at radius 1 is 1.23 bits per heavy atom. The fourth-order valence-corrected chi connectivity index (χ4v) is 2.80. The largest absolute Gasteiger partial charge is 0.496 e. The first-order valence-electron chi connectivity index (χ1n) is 7.01. The standard InChI is InChI=1S/C17H17N3OS/c1-20-11-18-13-7-5-8-14(17(13)20)19-16(22)10-12-6-3-4-9-15(12)21-2/h3-9,11H,10H2,1-2H3,(H,19,22). The monoisotopic (exact) mass is 311 g/mol. The van der Waals surface area contributed by atoms with Gasteiger partial charge in [0.2, 0.25) is 0 Å². The summed E-state index contributed by atoms with van der Waals surface area (Å²) in [7, 11) is 3.65. The van der Waals surface area contributed by atoms with Crippen molar-refractivity contribution >= 4 is 33.9 Å². The van der Waals surface area contributed by atoms with E-state index < -0.39 is 0 Å². The number of methoxy groups -OCH3 is 1. The number of nitrogens with zero attached hydrogens (tertiary/aromatic N) is 2. The highest BCUT2D eigenvalue weighted by Gasteiger charge is 2.09. The molecule has 0 saturated carbocycles. The zero-order chi connectivity index (χ0) is 15.5. The number of benzene rings is 2. The number of anilines is 1. The highest BCUT2D eigenvalue weighted by atomic mass is 32.1. The predicted molar refractivity (Wildman–Crippen MR) is 93.6 cm³/mol. The van der Waals surface area contributed by atoms with Crippen LogP contribution in [0.5, 0.6) is 5.75 Å². The summed E-state index contributed by atoms with van der Waals surface area (Å²) in [5.74, 6) is 0.852. The zero-order valence-corrected chi connectivity index (χ0v) is 13.4. The first-order chi connectivity index (χ1) is 10.7. The molecule has 4 nitrogen and oxygen atoms in total. The summed E-state index contributed by atoms with van der Waals surface area (Å²) >= 11 is 5.51. The van der Waals surface area contributed by atoms with Crippen LogP contribution in [0.25, 0.3) is 11.0 Å². The summed E-state index contributed by atoms with van der Waals surface area (Å²) < 4.78 is 7.36. The van der Waals surface area contributed by atoms with Crippen LogP contribution in [0, 0.1) is 0 Å². The molecule has 1 N–H and O–H groups in total. The number of aryl methyl sites for hydroxylation is 1. The van der Waals surface area contributed by atoms with Crippen molar-refractivity contribution in [1.29, 1.82) is 0 Å². The Labute approximate surface area is 134 Å². The molecule has 1 aromatic heterocycles. The van der Waals surface area contributed by atoms with Crippen molar-refractivity contribution in [3.63, 3.8) is 0 Å². The second kappa shape index (κ2) is 6.15. The first kappa shape index (κ1) is 14.5. The molecule has 0 amide bonds. The van der Waals surface area contributed by atoms with Gasteiger partial charge >= 0.3 is 0 Å². The van der Waals surface area contributed by atoms with Gasteiger partial charge in [-0.05, 0) is 18.2 Å². The van der Waals surface area contributed by atoms with Crippen LogP contribution in [0.4, 0.5) is 5.69 Å². The molecular weight excluding hydrogens is 294 g/mol. The number of aromatic nitrogens is 2. The average molecular weight is 311 g/mol. The van der Waals surface area contributed by atoms with Crippen molar-refractivity contribution in [3.8, 4) is 5.75 Å². The third-order valence-electron chi connectivity index (χ3n) is 3.56. The Morgan fingerprint density at radius 3 is 2.86 bits per heavy atom. The summed E-state index contributed by atoms with van der Waals surface area (Å²) in [5.41, 5.74) is 4.04. The van der Waals surface area contributed by atoms with Gasteiger partial charge in [0.25, 0.3) is 0 Å². The Morgan fingerprint density at radius 2 is 2.05 bits per heavy atom. The van der Waals surface area contributed by atoms with Gasteiger partial charge < -0.3 is 14.6 Å². The van der Waals surface area contributed by atoms with Crippen molar-refractivity contribution in [3.05, 3.63) is 54.4 Å². The van der Waals surface area contributed by atoms with E-state index in [0.29, 0.717) is 6.42 Å². The minimum absolute atomic E-state index is 0.633. The lowest BCUT2D eigenvalue weighted by molar-refractivity contribution is 0.411. The Balaban J connectivity index is 1.83. The van der Waals surface area contributed by atoms with Gasteiger partial charge in [-0.2, -0.15) is 0 Å². The molecule has 0 saturated heterocycles. The minimum atomic E-state index is 0.633. The molecule has 0 aliphatic carbocycles. The van der Waals surface area contributed by atoms with Crippen LogP contribution in [0.15, 0.2) is 48.8 Å². The fraction of sp³-hybridized carbons (Fsp3) is 0.176. The van der Waals surface area contributed by atoms with Gasteiger partial charge in [-0.15, -0.1) is 0 Å². The third kappa shape index (κ3) is 2.80. The van der Waals surface area contributed by atoms with Crippen molar-refractivity contribution in [2.45, 2.75) is 6.42 Å². The van der Waals surface area contributed by atoms with Crippen LogP contribution in [0.1, 0.15) is 5.56 Å². The SMILES string of the molecule is COc1ccccc1CC(=S)Nc1cccc2ncn(C)c12. The van der Waals surface area contributed by atoms with E-state index in [9.17, 15) is 0 Å². The number of para-hydroxylation sites is 2. The van der Waals surface area contributed by atoms with E-state index in [-0.39, 0.29) is 0 Å². The number of nitrogens with one attached hydrogen (secondary N) is 1. The minimum Gasteiger partial charge on any atom is -0.496 e. The van der Waals surface area contributed by atoms with E-state index in [4.69, 9.17) is 17.0 Å². The lowest BCUT2D eigenvalue weighted by atomic mass is 10.1. The Kier molecular flexibility index (Phi) is 4.06. The first-order valence-corrected chi connectivity index (χ1v) is 7.41. The van der Waals surface area contributed by atoms with Crippen molar-refractivity contribution < 1.29 is 4.74 Å². The second-order valence-corrected chi connectivity index (χ2v) is 5.56. The molecule has 0 unspecified atom stereocenters. The molecule has 0 atom stereocenters. The quantitative estimate of drug-likeness (QED) is 0.748. The van der Waals surface area contributed by atoms with Gasteiger partial charge in [0.1, 0.15) is 5.75 Å². The highest BCUT2D eigenvalue weighted by molar-refractivity contribution is 7.80. The van der Waals surface area contributed by atoms with E-state index >= 15 is 0 Å². The van der Waals surface area contributed by atoms with Gasteiger partial charge in [0.15, 0.2) is 0 Å². The number of thiocarbonyl (C=S) groups is 1. The van der Waals surface area contributed by atoms with E-state index in [1.807, 2.05) is 54.1 Å². The van der Waals surface area contributed by atoms with E-state index in [2.05, 4.69) is 10.3 Å². The van der Waals surface area contributed by atoms with Gasteiger partial charge in [-0.3, -0.25) is 0 Å². The lowest BCUT2D eigenvalue weighted by Gasteiger charge is -2.12. The molecule has 1 heterocycles. The van der Waals surface area contributed by atoms with Crippen molar-refractivity contribution in [2.24, 2.45) is 7.05 Å². The van der Waals surface area contributed by atoms with Crippen molar-refractivity contribution in [2.75, 3.05) is 12.4 Å². The summed E-state index contributed by atoms with van der Waals surface area (Å²) in [5, 5.41) is 3.33. The maximum atomic E-state index is 5.51. The van der Waals surface area contributed by atoms with Gasteiger partial charge in [0.05, 0.1) is 35.1 Å². The number of fused-ring (bicyclic) bond motifs is 1. The molecule has 5 heteroatoms. The predicted octanol–water partition coefficient (Wildman–Crippen LogP) is 3.56. The lowest BCUT2D eigenvalue weighted by Crippen LogP contribution is -2.13. The molecule has 3 aromatic rings. The number of imidazole rings is 1. The van der Waals surface area contributed by atoms with E-state index in [0.717, 1.165) is 33.0 Å². The molecule has 112 valence electrons.